The molecule has 6 nitrogen and oxygen atoms in total. The Morgan fingerprint density at radius 2 is 1.74 bits per heavy atom. The molecule has 1 saturated heterocycles. The first kappa shape index (κ1) is 19.2. The van der Waals surface area contributed by atoms with Crippen LogP contribution < -0.4 is 0 Å². The van der Waals surface area contributed by atoms with E-state index in [4.69, 9.17) is 5.26 Å². The first-order chi connectivity index (χ1) is 12.9. The molecule has 2 aromatic carbocycles. The molecule has 140 valence electrons. The summed E-state index contributed by atoms with van der Waals surface area (Å²) in [7, 11) is -3.60. The number of nitriles is 1. The van der Waals surface area contributed by atoms with Gasteiger partial charge >= 0.3 is 0 Å². The lowest BCUT2D eigenvalue weighted by atomic mass is 10.1. The third kappa shape index (κ3) is 4.42. The van der Waals surface area contributed by atoms with Gasteiger partial charge in [-0.25, -0.2) is 8.42 Å². The van der Waals surface area contributed by atoms with E-state index in [2.05, 4.69) is 11.0 Å². The summed E-state index contributed by atoms with van der Waals surface area (Å²) < 4.78 is 27.2. The highest BCUT2D eigenvalue weighted by Gasteiger charge is 2.28. The summed E-state index contributed by atoms with van der Waals surface area (Å²) in [6.45, 7) is 4.22. The molecule has 0 atom stereocenters. The van der Waals surface area contributed by atoms with Gasteiger partial charge in [-0.3, -0.25) is 9.69 Å². The lowest BCUT2D eigenvalue weighted by Gasteiger charge is -2.34. The largest absolute Gasteiger partial charge is 0.296 e. The number of benzene rings is 2. The summed E-state index contributed by atoms with van der Waals surface area (Å²) in [5.41, 5.74) is 2.12. The summed E-state index contributed by atoms with van der Waals surface area (Å²) in [5, 5.41) is 8.86. The van der Waals surface area contributed by atoms with Crippen LogP contribution in [0.5, 0.6) is 0 Å². The number of ketones is 1. The minimum Gasteiger partial charge on any atom is -0.296 e. The van der Waals surface area contributed by atoms with Crippen molar-refractivity contribution in [3.8, 4) is 6.07 Å². The number of sulfonamides is 1. The van der Waals surface area contributed by atoms with Gasteiger partial charge in [-0.2, -0.15) is 9.57 Å². The van der Waals surface area contributed by atoms with Gasteiger partial charge in [0, 0.05) is 38.3 Å². The molecular formula is C20H21N3O3S. The molecular weight excluding hydrogens is 362 g/mol. The number of rotatable bonds is 5. The van der Waals surface area contributed by atoms with E-state index in [1.807, 2.05) is 12.1 Å². The minimum atomic E-state index is -3.60. The Bertz CT molecular complexity index is 970. The van der Waals surface area contributed by atoms with Crippen LogP contribution in [0.1, 0.15) is 28.4 Å². The van der Waals surface area contributed by atoms with Gasteiger partial charge in [0.25, 0.3) is 0 Å². The smallest absolute Gasteiger partial charge is 0.243 e. The van der Waals surface area contributed by atoms with Crippen molar-refractivity contribution in [2.24, 2.45) is 0 Å². The first-order valence-electron chi connectivity index (χ1n) is 8.73. The van der Waals surface area contributed by atoms with E-state index < -0.39 is 10.0 Å². The number of nitrogens with zero attached hydrogens (tertiary/aromatic N) is 3. The molecule has 0 saturated carbocycles. The number of hydrogen-bond acceptors (Lipinski definition) is 5. The second kappa shape index (κ2) is 8.01. The van der Waals surface area contributed by atoms with Crippen LogP contribution in [-0.2, 0) is 16.6 Å². The summed E-state index contributed by atoms with van der Waals surface area (Å²) in [5.74, 6) is -0.153. The zero-order chi connectivity index (χ0) is 19.4. The van der Waals surface area contributed by atoms with E-state index in [1.165, 1.54) is 23.4 Å². The fraction of sp³-hybridized carbons (Fsp3) is 0.300. The Kier molecular flexibility index (Phi) is 5.71. The highest BCUT2D eigenvalue weighted by atomic mass is 32.2. The molecule has 0 aliphatic carbocycles. The van der Waals surface area contributed by atoms with Gasteiger partial charge < -0.3 is 0 Å². The quantitative estimate of drug-likeness (QED) is 0.740. The molecule has 1 heterocycles. The van der Waals surface area contributed by atoms with Gasteiger partial charge in [0.1, 0.15) is 0 Å². The van der Waals surface area contributed by atoms with Crippen molar-refractivity contribution in [2.45, 2.75) is 18.4 Å². The number of piperazine rings is 1. The van der Waals surface area contributed by atoms with Crippen molar-refractivity contribution in [1.82, 2.24) is 9.21 Å². The molecule has 0 radical (unpaired) electrons. The van der Waals surface area contributed by atoms with Crippen LogP contribution in [0.25, 0.3) is 0 Å². The maximum Gasteiger partial charge on any atom is 0.243 e. The maximum atomic E-state index is 12.9. The average Bonchev–Trinajstić information content (AvgIpc) is 2.69. The Labute approximate surface area is 159 Å². The van der Waals surface area contributed by atoms with Crippen LogP contribution in [-0.4, -0.2) is 49.6 Å². The van der Waals surface area contributed by atoms with Crippen LogP contribution in [0, 0.1) is 11.3 Å². The van der Waals surface area contributed by atoms with Crippen LogP contribution in [0.15, 0.2) is 53.4 Å². The molecule has 0 N–H and O–H groups in total. The summed E-state index contributed by atoms with van der Waals surface area (Å²) in [6.07, 6.45) is 0. The molecule has 3 rings (SSSR count). The Balaban J connectivity index is 1.65. The van der Waals surface area contributed by atoms with Gasteiger partial charge in [-0.05, 0) is 36.8 Å². The highest BCUT2D eigenvalue weighted by Crippen LogP contribution is 2.20. The van der Waals surface area contributed by atoms with E-state index in [9.17, 15) is 13.2 Å². The fourth-order valence-corrected chi connectivity index (χ4v) is 4.56. The van der Waals surface area contributed by atoms with E-state index in [0.717, 1.165) is 12.1 Å². The molecule has 0 bridgehead atoms. The van der Waals surface area contributed by atoms with Crippen LogP contribution >= 0.6 is 0 Å². The minimum absolute atomic E-state index is 0.153. The molecule has 0 amide bonds. The number of hydrogen-bond donors (Lipinski definition) is 0. The van der Waals surface area contributed by atoms with Crippen molar-refractivity contribution >= 4 is 15.8 Å². The Morgan fingerprint density at radius 3 is 2.33 bits per heavy atom. The first-order valence-corrected chi connectivity index (χ1v) is 10.2. The summed E-state index contributed by atoms with van der Waals surface area (Å²) in [6, 6.07) is 15.7. The molecule has 7 heteroatoms. The van der Waals surface area contributed by atoms with E-state index in [-0.39, 0.29) is 10.7 Å². The molecule has 0 spiro atoms. The number of carbonyl (C=O) groups excluding carboxylic acids is 1. The maximum absolute atomic E-state index is 12.9. The van der Waals surface area contributed by atoms with Crippen molar-refractivity contribution in [3.63, 3.8) is 0 Å². The molecule has 1 aliphatic rings. The molecule has 1 aliphatic heterocycles. The lowest BCUT2D eigenvalue weighted by Crippen LogP contribution is -2.48. The van der Waals surface area contributed by atoms with E-state index in [1.54, 1.807) is 24.3 Å². The van der Waals surface area contributed by atoms with Gasteiger partial charge in [0.15, 0.2) is 5.78 Å². The van der Waals surface area contributed by atoms with Crippen LogP contribution in [0.2, 0.25) is 0 Å². The van der Waals surface area contributed by atoms with Gasteiger partial charge in [-0.15, -0.1) is 0 Å². The van der Waals surface area contributed by atoms with Gasteiger partial charge in [0.2, 0.25) is 10.0 Å². The predicted molar refractivity (Wildman–Crippen MR) is 102 cm³/mol. The molecule has 2 aromatic rings. The van der Waals surface area contributed by atoms with Crippen molar-refractivity contribution in [1.29, 1.82) is 5.26 Å². The summed E-state index contributed by atoms with van der Waals surface area (Å²) >= 11 is 0. The normalized spacial score (nSPS) is 16.0. The zero-order valence-corrected chi connectivity index (χ0v) is 15.9. The number of carbonyl (C=O) groups is 1. The lowest BCUT2D eigenvalue weighted by molar-refractivity contribution is 0.101. The predicted octanol–water partition coefficient (Wildman–Crippen LogP) is 2.27. The van der Waals surface area contributed by atoms with E-state index in [0.29, 0.717) is 37.3 Å². The van der Waals surface area contributed by atoms with Crippen molar-refractivity contribution < 1.29 is 13.2 Å². The van der Waals surface area contributed by atoms with E-state index >= 15 is 0 Å². The SMILES string of the molecule is CC(=O)c1cccc(S(=O)(=O)N2CCN(Cc3ccc(C#N)cc3)CC2)c1. The molecule has 0 aromatic heterocycles. The zero-order valence-electron chi connectivity index (χ0n) is 15.1. The third-order valence-corrected chi connectivity index (χ3v) is 6.59. The average molecular weight is 383 g/mol. The van der Waals surface area contributed by atoms with Gasteiger partial charge in [-0.1, -0.05) is 24.3 Å². The monoisotopic (exact) mass is 383 g/mol. The summed E-state index contributed by atoms with van der Waals surface area (Å²) in [4.78, 5) is 13.9. The van der Waals surface area contributed by atoms with Crippen molar-refractivity contribution in [3.05, 3.63) is 65.2 Å². The Morgan fingerprint density at radius 1 is 1.07 bits per heavy atom. The highest BCUT2D eigenvalue weighted by molar-refractivity contribution is 7.89. The van der Waals surface area contributed by atoms with Gasteiger partial charge in [0.05, 0.1) is 16.5 Å². The van der Waals surface area contributed by atoms with Crippen molar-refractivity contribution in [2.75, 3.05) is 26.2 Å². The second-order valence-corrected chi connectivity index (χ2v) is 8.51. The van der Waals surface area contributed by atoms with Crippen LogP contribution in [0.4, 0.5) is 0 Å². The Hall–Kier alpha value is -2.53. The standard InChI is InChI=1S/C20H21N3O3S/c1-16(24)19-3-2-4-20(13-19)27(25,26)23-11-9-22(10-12-23)15-18-7-5-17(14-21)6-8-18/h2-8,13H,9-12,15H2,1H3. The topological polar surface area (TPSA) is 81.5 Å². The second-order valence-electron chi connectivity index (χ2n) is 6.57. The molecule has 27 heavy (non-hydrogen) atoms. The number of Topliss-reactive ketones (excluding diaryl/α,β-unsaturated/α-hetero) is 1. The fourth-order valence-electron chi connectivity index (χ4n) is 3.10. The van der Waals surface area contributed by atoms with Crippen LogP contribution in [0.3, 0.4) is 0 Å². The molecule has 1 fully saturated rings. The molecule has 0 unspecified atom stereocenters. The third-order valence-electron chi connectivity index (χ3n) is 4.70.